The van der Waals surface area contributed by atoms with Gasteiger partial charge in [0.2, 0.25) is 0 Å². The van der Waals surface area contributed by atoms with Gasteiger partial charge in [-0.1, -0.05) is 30.3 Å². The number of ether oxygens (including phenoxy) is 2. The molecule has 2 heterocycles. The number of hydrogen-bond acceptors (Lipinski definition) is 8. The molecule has 0 saturated heterocycles. The Labute approximate surface area is 149 Å². The van der Waals surface area contributed by atoms with Crippen molar-refractivity contribution >= 4 is 24.1 Å². The lowest BCUT2D eigenvalue weighted by atomic mass is 10.1. The van der Waals surface area contributed by atoms with Gasteiger partial charge in [0, 0.05) is 0 Å². The van der Waals surface area contributed by atoms with Gasteiger partial charge in [-0.05, 0) is 12.5 Å². The van der Waals surface area contributed by atoms with E-state index in [0.29, 0.717) is 5.82 Å². The number of anilines is 1. The van der Waals surface area contributed by atoms with Crippen molar-refractivity contribution in [2.45, 2.75) is 25.7 Å². The van der Waals surface area contributed by atoms with Crippen LogP contribution >= 0.6 is 0 Å². The predicted octanol–water partition coefficient (Wildman–Crippen LogP) is 0.755. The summed E-state index contributed by atoms with van der Waals surface area (Å²) in [5.41, 5.74) is 5.41. The van der Waals surface area contributed by atoms with Crippen LogP contribution in [0.1, 0.15) is 18.2 Å². The lowest BCUT2D eigenvalue weighted by Gasteiger charge is -2.25. The zero-order chi connectivity index (χ0) is 18.6. The van der Waals surface area contributed by atoms with E-state index in [4.69, 9.17) is 15.2 Å². The first-order valence-electron chi connectivity index (χ1n) is 8.06. The van der Waals surface area contributed by atoms with E-state index in [1.807, 2.05) is 30.3 Å². The second-order valence-electron chi connectivity index (χ2n) is 5.61. The number of carbonyl (C=O) groups excluding carboxylic acids is 2. The fraction of sp³-hybridized carbons (Fsp3) is 0.294. The molecule has 1 aliphatic heterocycles. The summed E-state index contributed by atoms with van der Waals surface area (Å²) >= 11 is 0. The van der Waals surface area contributed by atoms with Crippen LogP contribution in [0.15, 0.2) is 41.7 Å². The third-order valence-corrected chi connectivity index (χ3v) is 3.80. The molecule has 3 rings (SSSR count). The summed E-state index contributed by atoms with van der Waals surface area (Å²) in [6, 6.07) is 9.23. The van der Waals surface area contributed by atoms with Crippen molar-refractivity contribution in [2.75, 3.05) is 11.9 Å². The minimum absolute atomic E-state index is 0.0633. The fourth-order valence-corrected chi connectivity index (χ4v) is 2.52. The molecule has 0 bridgehead atoms. The molecule has 0 saturated carbocycles. The molecule has 26 heavy (non-hydrogen) atoms. The Balaban J connectivity index is 1.77. The molecular formula is C17H19N5O4. The molecule has 1 unspecified atom stereocenters. The number of benzene rings is 1. The third-order valence-electron chi connectivity index (χ3n) is 3.80. The highest BCUT2D eigenvalue weighted by atomic mass is 16.5. The molecule has 1 aromatic carbocycles. The van der Waals surface area contributed by atoms with E-state index in [2.05, 4.69) is 15.3 Å². The molecule has 0 fully saturated rings. The number of aliphatic imine (C=N–C) groups is 1. The summed E-state index contributed by atoms with van der Waals surface area (Å²) in [4.78, 5) is 32.4. The number of nitrogens with two attached hydrogens (primary N) is 1. The summed E-state index contributed by atoms with van der Waals surface area (Å²) in [6.45, 7) is 2.00. The Kier molecular flexibility index (Phi) is 4.99. The molecule has 1 aromatic heterocycles. The highest BCUT2D eigenvalue weighted by Gasteiger charge is 2.44. The van der Waals surface area contributed by atoms with Gasteiger partial charge in [0.1, 0.15) is 24.7 Å². The van der Waals surface area contributed by atoms with Crippen LogP contribution in [0.5, 0.6) is 0 Å². The van der Waals surface area contributed by atoms with Crippen LogP contribution < -0.4 is 11.1 Å². The molecule has 3 N–H and O–H groups in total. The number of aromatic nitrogens is 2. The van der Waals surface area contributed by atoms with Crippen molar-refractivity contribution in [3.05, 3.63) is 47.9 Å². The van der Waals surface area contributed by atoms with E-state index in [1.54, 1.807) is 6.92 Å². The summed E-state index contributed by atoms with van der Waals surface area (Å²) < 4.78 is 11.7. The van der Waals surface area contributed by atoms with Gasteiger partial charge in [0.05, 0.1) is 19.3 Å². The lowest BCUT2D eigenvalue weighted by molar-refractivity contribution is -0.151. The molecule has 0 amide bonds. The van der Waals surface area contributed by atoms with Crippen LogP contribution in [0.3, 0.4) is 0 Å². The second kappa shape index (κ2) is 7.36. The molecule has 9 nitrogen and oxygen atoms in total. The Morgan fingerprint density at radius 2 is 2.04 bits per heavy atom. The quantitative estimate of drug-likeness (QED) is 0.732. The zero-order valence-electron chi connectivity index (χ0n) is 14.2. The van der Waals surface area contributed by atoms with E-state index < -0.39 is 17.6 Å². The van der Waals surface area contributed by atoms with E-state index in [-0.39, 0.29) is 25.5 Å². The van der Waals surface area contributed by atoms with Crippen LogP contribution in [-0.2, 0) is 37.9 Å². The highest BCUT2D eigenvalue weighted by Crippen LogP contribution is 2.30. The van der Waals surface area contributed by atoms with Gasteiger partial charge >= 0.3 is 11.9 Å². The monoisotopic (exact) mass is 357 g/mol. The fourth-order valence-electron chi connectivity index (χ4n) is 2.52. The molecule has 0 radical (unpaired) electrons. The van der Waals surface area contributed by atoms with Gasteiger partial charge in [0.25, 0.3) is 5.66 Å². The minimum atomic E-state index is -1.78. The number of fused-ring (bicyclic) bond motifs is 1. The maximum absolute atomic E-state index is 12.6. The van der Waals surface area contributed by atoms with Crippen LogP contribution in [0.25, 0.3) is 0 Å². The summed E-state index contributed by atoms with van der Waals surface area (Å²) in [6.07, 6.45) is 2.69. The predicted molar refractivity (Wildman–Crippen MR) is 93.1 cm³/mol. The largest absolute Gasteiger partial charge is 0.465 e. The van der Waals surface area contributed by atoms with Gasteiger partial charge < -0.3 is 19.4 Å². The van der Waals surface area contributed by atoms with Gasteiger partial charge in [-0.2, -0.15) is 0 Å². The Morgan fingerprint density at radius 1 is 1.27 bits per heavy atom. The minimum Gasteiger partial charge on any atom is -0.465 e. The van der Waals surface area contributed by atoms with Crippen LogP contribution in [0.2, 0.25) is 0 Å². The summed E-state index contributed by atoms with van der Waals surface area (Å²) in [5.74, 6) is -0.764. The van der Waals surface area contributed by atoms with Crippen molar-refractivity contribution in [1.82, 2.24) is 9.55 Å². The molecule has 2 aromatic rings. The maximum Gasteiger partial charge on any atom is 0.355 e. The number of esters is 2. The third kappa shape index (κ3) is 3.42. The Morgan fingerprint density at radius 3 is 2.77 bits per heavy atom. The number of nitrogens with one attached hydrogen (secondary N) is 1. The summed E-state index contributed by atoms with van der Waals surface area (Å²) in [5, 5.41) is 2.86. The number of carbonyl (C=O) groups is 2. The molecule has 0 spiro atoms. The van der Waals surface area contributed by atoms with Gasteiger partial charge in [-0.15, -0.1) is 0 Å². The smallest absolute Gasteiger partial charge is 0.355 e. The van der Waals surface area contributed by atoms with Gasteiger partial charge in [0.15, 0.2) is 0 Å². The van der Waals surface area contributed by atoms with Crippen LogP contribution in [-0.4, -0.2) is 34.4 Å². The average Bonchev–Trinajstić information content (AvgIpc) is 3.05. The molecule has 1 aliphatic rings. The van der Waals surface area contributed by atoms with Crippen molar-refractivity contribution in [1.29, 1.82) is 0 Å². The van der Waals surface area contributed by atoms with Crippen molar-refractivity contribution in [2.24, 2.45) is 10.7 Å². The van der Waals surface area contributed by atoms with E-state index >= 15 is 0 Å². The normalized spacial score (nSPS) is 17.9. The maximum atomic E-state index is 12.6. The van der Waals surface area contributed by atoms with Crippen molar-refractivity contribution in [3.8, 4) is 0 Å². The van der Waals surface area contributed by atoms with Crippen LogP contribution in [0.4, 0.5) is 5.82 Å². The zero-order valence-corrected chi connectivity index (χ0v) is 14.2. The number of nitrogens with zero attached hydrogens (tertiary/aromatic N) is 3. The van der Waals surface area contributed by atoms with E-state index in [9.17, 15) is 9.59 Å². The molecule has 0 aliphatic carbocycles. The summed E-state index contributed by atoms with van der Waals surface area (Å²) in [7, 11) is 0. The topological polar surface area (TPSA) is 121 Å². The first kappa shape index (κ1) is 17.6. The van der Waals surface area contributed by atoms with Crippen molar-refractivity contribution < 1.29 is 19.1 Å². The highest BCUT2D eigenvalue weighted by molar-refractivity contribution is 5.91. The molecule has 1 atom stereocenters. The van der Waals surface area contributed by atoms with E-state index in [1.165, 1.54) is 17.2 Å². The molecule has 136 valence electrons. The van der Waals surface area contributed by atoms with Gasteiger partial charge in [-0.25, -0.2) is 14.8 Å². The Bertz CT molecular complexity index is 833. The van der Waals surface area contributed by atoms with Crippen molar-refractivity contribution in [3.63, 3.8) is 0 Å². The number of hydrogen-bond donors (Lipinski definition) is 2. The Hall–Kier alpha value is -3.20. The number of rotatable bonds is 6. The number of imidazole rings is 1. The average molecular weight is 357 g/mol. The van der Waals surface area contributed by atoms with Gasteiger partial charge in [-0.3, -0.25) is 10.5 Å². The molecular weight excluding hydrogens is 338 g/mol. The first-order chi connectivity index (χ1) is 12.5. The standard InChI is InChI=1S/C17H19N5O4/c1-2-25-13(23)8-22-11-20-14-15(22)19-10-21-17(14,18)16(24)26-9-12-6-4-3-5-7-12/h3-7,10-11H,2,8-9,18H2,1H3,(H,19,21). The van der Waals surface area contributed by atoms with E-state index in [0.717, 1.165) is 5.56 Å². The second-order valence-corrected chi connectivity index (χ2v) is 5.61. The first-order valence-corrected chi connectivity index (χ1v) is 8.06. The lowest BCUT2D eigenvalue weighted by Crippen LogP contribution is -2.47. The molecule has 9 heteroatoms. The SMILES string of the molecule is CCOC(=O)Cn1cnc2c1NC=NC2(N)C(=O)OCc1ccccc1. The van der Waals surface area contributed by atoms with Crippen LogP contribution in [0, 0.1) is 0 Å².